The fourth-order valence-corrected chi connectivity index (χ4v) is 3.01. The molecule has 0 fully saturated rings. The van der Waals surface area contributed by atoms with E-state index >= 15 is 0 Å². The topological polar surface area (TPSA) is 22.1 Å². The second-order valence-electron chi connectivity index (χ2n) is 6.29. The van der Waals surface area contributed by atoms with Gasteiger partial charge in [-0.15, -0.1) is 0 Å². The summed E-state index contributed by atoms with van der Waals surface area (Å²) in [6.07, 6.45) is 1.76. The number of rotatable bonds is 4. The largest absolute Gasteiger partial charge is 0.550 e. The summed E-state index contributed by atoms with van der Waals surface area (Å²) in [4.78, 5) is 4.46. The second kappa shape index (κ2) is 7.00. The summed E-state index contributed by atoms with van der Waals surface area (Å²) in [5.74, 6) is 0.446. The average molecular weight is 341 g/mol. The lowest BCUT2D eigenvalue weighted by atomic mass is 9.55. The monoisotopic (exact) mass is 341 g/mol. The number of benzene rings is 3. The zero-order chi connectivity index (χ0) is 17.9. The Balaban J connectivity index is 1.79. The van der Waals surface area contributed by atoms with Crippen molar-refractivity contribution in [2.75, 3.05) is 0 Å². The zero-order valence-corrected chi connectivity index (χ0v) is 14.4. The number of aryl methyl sites for hydroxylation is 1. The van der Waals surface area contributed by atoms with E-state index in [1.807, 2.05) is 49.4 Å². The van der Waals surface area contributed by atoms with Crippen molar-refractivity contribution in [2.24, 2.45) is 0 Å². The third kappa shape index (κ3) is 3.31. The van der Waals surface area contributed by atoms with E-state index in [0.29, 0.717) is 5.75 Å². The molecular formula is C22H17BFNO. The Labute approximate surface area is 152 Å². The Morgan fingerprint density at radius 1 is 0.808 bits per heavy atom. The van der Waals surface area contributed by atoms with Crippen molar-refractivity contribution in [3.8, 4) is 5.75 Å². The molecule has 0 radical (unpaired) electrons. The van der Waals surface area contributed by atoms with E-state index in [1.54, 1.807) is 18.3 Å². The summed E-state index contributed by atoms with van der Waals surface area (Å²) in [6, 6.07) is 24.4. The van der Waals surface area contributed by atoms with Crippen molar-refractivity contribution in [2.45, 2.75) is 6.92 Å². The molecule has 4 heteroatoms. The Kier molecular flexibility index (Phi) is 4.40. The number of hydrogen-bond acceptors (Lipinski definition) is 2. The first-order valence-corrected chi connectivity index (χ1v) is 8.53. The molecule has 0 aliphatic rings. The van der Waals surface area contributed by atoms with E-state index in [1.165, 1.54) is 17.7 Å². The molecule has 0 N–H and O–H groups in total. The summed E-state index contributed by atoms with van der Waals surface area (Å²) in [7, 11) is 0. The van der Waals surface area contributed by atoms with E-state index in [4.69, 9.17) is 4.65 Å². The molecule has 4 aromatic rings. The number of nitrogens with zero attached hydrogens (tertiary/aromatic N) is 1. The lowest BCUT2D eigenvalue weighted by Gasteiger charge is -2.18. The molecule has 1 aromatic heterocycles. The average Bonchev–Trinajstić information content (AvgIpc) is 2.68. The van der Waals surface area contributed by atoms with Crippen LogP contribution in [0.4, 0.5) is 4.39 Å². The predicted molar refractivity (Wildman–Crippen MR) is 105 cm³/mol. The van der Waals surface area contributed by atoms with E-state index in [9.17, 15) is 4.39 Å². The van der Waals surface area contributed by atoms with Gasteiger partial charge in [-0.1, -0.05) is 60.2 Å². The van der Waals surface area contributed by atoms with Gasteiger partial charge >= 0.3 is 6.92 Å². The highest BCUT2D eigenvalue weighted by molar-refractivity contribution is 6.80. The molecule has 0 unspecified atom stereocenters. The van der Waals surface area contributed by atoms with Gasteiger partial charge in [0.05, 0.1) is 0 Å². The van der Waals surface area contributed by atoms with Gasteiger partial charge in [0.2, 0.25) is 0 Å². The quantitative estimate of drug-likeness (QED) is 0.526. The van der Waals surface area contributed by atoms with Crippen LogP contribution in [0.1, 0.15) is 5.56 Å². The third-order valence-corrected chi connectivity index (χ3v) is 4.39. The maximum Gasteiger partial charge on any atom is 0.426 e. The summed E-state index contributed by atoms with van der Waals surface area (Å²) in [5.41, 5.74) is 3.89. The molecule has 0 saturated carbocycles. The minimum absolute atomic E-state index is 0.261. The van der Waals surface area contributed by atoms with Gasteiger partial charge in [0, 0.05) is 11.6 Å². The number of pyridine rings is 1. The second-order valence-corrected chi connectivity index (χ2v) is 6.29. The Hall–Kier alpha value is -3.14. The molecule has 0 aliphatic heterocycles. The molecule has 0 spiro atoms. The van der Waals surface area contributed by atoms with Crippen LogP contribution in [0.25, 0.3) is 10.9 Å². The Morgan fingerprint density at radius 3 is 2.19 bits per heavy atom. The van der Waals surface area contributed by atoms with Gasteiger partial charge < -0.3 is 4.65 Å². The van der Waals surface area contributed by atoms with Gasteiger partial charge in [0.1, 0.15) is 17.1 Å². The summed E-state index contributed by atoms with van der Waals surface area (Å²) in [5, 5.41) is 1.02. The van der Waals surface area contributed by atoms with Gasteiger partial charge in [-0.3, -0.25) is 4.98 Å². The lowest BCUT2D eigenvalue weighted by Crippen LogP contribution is -2.47. The van der Waals surface area contributed by atoms with Gasteiger partial charge in [0.15, 0.2) is 0 Å². The molecule has 2 nitrogen and oxygen atoms in total. The predicted octanol–water partition coefficient (Wildman–Crippen LogP) is 3.87. The van der Waals surface area contributed by atoms with Gasteiger partial charge in [-0.25, -0.2) is 4.39 Å². The van der Waals surface area contributed by atoms with Crippen molar-refractivity contribution < 1.29 is 9.04 Å². The Morgan fingerprint density at radius 2 is 1.46 bits per heavy atom. The van der Waals surface area contributed by atoms with Crippen LogP contribution in [0.2, 0.25) is 0 Å². The molecule has 0 atom stereocenters. The van der Waals surface area contributed by atoms with Crippen molar-refractivity contribution in [3.63, 3.8) is 0 Å². The molecule has 1 heterocycles. The summed E-state index contributed by atoms with van der Waals surface area (Å²) < 4.78 is 19.8. The highest BCUT2D eigenvalue weighted by atomic mass is 19.1. The van der Waals surface area contributed by atoms with Crippen LogP contribution in [-0.4, -0.2) is 11.9 Å². The van der Waals surface area contributed by atoms with E-state index in [0.717, 1.165) is 21.8 Å². The molecule has 0 amide bonds. The van der Waals surface area contributed by atoms with Crippen LogP contribution in [-0.2, 0) is 0 Å². The molecule has 126 valence electrons. The highest BCUT2D eigenvalue weighted by Gasteiger charge is 2.24. The minimum atomic E-state index is -0.344. The SMILES string of the molecule is Cc1ccc(B(Oc2cccc3cccnc23)c2ccc(F)cc2)cc1. The molecule has 26 heavy (non-hydrogen) atoms. The van der Waals surface area contributed by atoms with E-state index in [2.05, 4.69) is 17.1 Å². The fourth-order valence-electron chi connectivity index (χ4n) is 3.01. The molecule has 0 aliphatic carbocycles. The molecule has 3 aromatic carbocycles. The van der Waals surface area contributed by atoms with Gasteiger partial charge in [0.25, 0.3) is 0 Å². The standard InChI is InChI=1S/C22H17BFNO/c1-16-7-9-18(10-8-16)23(19-11-13-20(24)14-12-19)26-21-6-2-4-17-5-3-15-25-22(17)21/h2-15H,1H3. The van der Waals surface area contributed by atoms with Crippen LogP contribution in [0.15, 0.2) is 85.1 Å². The zero-order valence-electron chi connectivity index (χ0n) is 14.4. The number of fused-ring (bicyclic) bond motifs is 1. The molecule has 0 bridgehead atoms. The van der Waals surface area contributed by atoms with Crippen molar-refractivity contribution in [1.82, 2.24) is 4.98 Å². The first-order chi connectivity index (χ1) is 12.7. The normalized spacial score (nSPS) is 10.7. The van der Waals surface area contributed by atoms with Crippen LogP contribution in [0.5, 0.6) is 5.75 Å². The summed E-state index contributed by atoms with van der Waals surface area (Å²) in [6.45, 7) is 1.70. The molecular weight excluding hydrogens is 324 g/mol. The molecule has 0 saturated heterocycles. The van der Waals surface area contributed by atoms with Crippen LogP contribution >= 0.6 is 0 Å². The Bertz CT molecular complexity index is 981. The van der Waals surface area contributed by atoms with Gasteiger partial charge in [-0.05, 0) is 42.1 Å². The summed E-state index contributed by atoms with van der Waals surface area (Å²) >= 11 is 0. The molecule has 4 rings (SSSR count). The van der Waals surface area contributed by atoms with Crippen molar-refractivity contribution in [1.29, 1.82) is 0 Å². The maximum absolute atomic E-state index is 13.4. The number of para-hydroxylation sites is 1. The van der Waals surface area contributed by atoms with Gasteiger partial charge in [-0.2, -0.15) is 0 Å². The third-order valence-electron chi connectivity index (χ3n) is 4.39. The van der Waals surface area contributed by atoms with Crippen LogP contribution in [0.3, 0.4) is 0 Å². The smallest absolute Gasteiger partial charge is 0.426 e. The fraction of sp³-hybridized carbons (Fsp3) is 0.0455. The number of aromatic nitrogens is 1. The number of hydrogen-bond donors (Lipinski definition) is 0. The minimum Gasteiger partial charge on any atom is -0.550 e. The van der Waals surface area contributed by atoms with Crippen molar-refractivity contribution >= 4 is 28.7 Å². The lowest BCUT2D eigenvalue weighted by molar-refractivity contribution is 0.596. The van der Waals surface area contributed by atoms with E-state index in [-0.39, 0.29) is 12.7 Å². The van der Waals surface area contributed by atoms with E-state index < -0.39 is 0 Å². The van der Waals surface area contributed by atoms with Crippen molar-refractivity contribution in [3.05, 3.63) is 96.4 Å². The van der Waals surface area contributed by atoms with Crippen LogP contribution in [0, 0.1) is 12.7 Å². The van der Waals surface area contributed by atoms with Crippen LogP contribution < -0.4 is 15.6 Å². The maximum atomic E-state index is 13.4. The first-order valence-electron chi connectivity index (χ1n) is 8.53. The number of halogens is 1. The highest BCUT2D eigenvalue weighted by Crippen LogP contribution is 2.23. The first kappa shape index (κ1) is 16.3.